The highest BCUT2D eigenvalue weighted by molar-refractivity contribution is 7.22. The number of carbonyl (C=O) groups excluding carboxylic acids is 1. The highest BCUT2D eigenvalue weighted by Gasteiger charge is 2.17. The summed E-state index contributed by atoms with van der Waals surface area (Å²) in [6.45, 7) is 0.297. The first-order chi connectivity index (χ1) is 13.6. The van der Waals surface area contributed by atoms with Crippen LogP contribution in [0.5, 0.6) is 5.88 Å². The maximum absolute atomic E-state index is 12.3. The number of ether oxygens (including phenoxy) is 1. The van der Waals surface area contributed by atoms with Crippen molar-refractivity contribution < 1.29 is 19.0 Å². The SMILES string of the molecule is O=C(Nc1nc2ccc([N+](=O)[O-])cc2s1)c1cc(OCc2ccccc2)no1. The van der Waals surface area contributed by atoms with Crippen LogP contribution >= 0.6 is 11.3 Å². The number of rotatable bonds is 6. The molecule has 1 amide bonds. The average molecular weight is 396 g/mol. The highest BCUT2D eigenvalue weighted by atomic mass is 32.1. The van der Waals surface area contributed by atoms with E-state index < -0.39 is 10.8 Å². The zero-order valence-electron chi connectivity index (χ0n) is 14.2. The zero-order chi connectivity index (χ0) is 19.5. The molecule has 2 heterocycles. The summed E-state index contributed by atoms with van der Waals surface area (Å²) in [4.78, 5) is 26.9. The summed E-state index contributed by atoms with van der Waals surface area (Å²) in [5, 5.41) is 17.5. The predicted molar refractivity (Wildman–Crippen MR) is 102 cm³/mol. The molecule has 0 aliphatic rings. The Labute approximate surface area is 161 Å². The van der Waals surface area contributed by atoms with E-state index in [1.165, 1.54) is 24.3 Å². The Bertz CT molecular complexity index is 1160. The van der Waals surface area contributed by atoms with Crippen molar-refractivity contribution in [2.75, 3.05) is 5.32 Å². The second-order valence-corrected chi connectivity index (χ2v) is 6.72. The molecular weight excluding hydrogens is 384 g/mol. The zero-order valence-corrected chi connectivity index (χ0v) is 15.0. The number of amides is 1. The predicted octanol–water partition coefficient (Wildman–Crippen LogP) is 4.02. The number of nitro groups is 1. The smallest absolute Gasteiger partial charge is 0.296 e. The minimum Gasteiger partial charge on any atom is -0.471 e. The van der Waals surface area contributed by atoms with Crippen LogP contribution in [0.2, 0.25) is 0 Å². The molecule has 0 spiro atoms. The molecule has 4 rings (SSSR count). The molecule has 0 bridgehead atoms. The maximum Gasteiger partial charge on any atom is 0.296 e. The van der Waals surface area contributed by atoms with Crippen molar-refractivity contribution in [1.82, 2.24) is 10.1 Å². The van der Waals surface area contributed by atoms with E-state index in [0.29, 0.717) is 22.0 Å². The molecule has 0 unspecified atom stereocenters. The van der Waals surface area contributed by atoms with E-state index in [9.17, 15) is 14.9 Å². The van der Waals surface area contributed by atoms with E-state index in [-0.39, 0.29) is 17.3 Å². The van der Waals surface area contributed by atoms with Gasteiger partial charge in [-0.1, -0.05) is 41.7 Å². The number of nitro benzene ring substituents is 1. The van der Waals surface area contributed by atoms with Gasteiger partial charge in [0.25, 0.3) is 17.5 Å². The van der Waals surface area contributed by atoms with E-state index in [4.69, 9.17) is 9.26 Å². The number of fused-ring (bicyclic) bond motifs is 1. The lowest BCUT2D eigenvalue weighted by Crippen LogP contribution is -2.10. The number of aromatic nitrogens is 2. The number of non-ortho nitro benzene ring substituents is 1. The highest BCUT2D eigenvalue weighted by Crippen LogP contribution is 2.29. The van der Waals surface area contributed by atoms with Gasteiger partial charge in [0.15, 0.2) is 5.13 Å². The van der Waals surface area contributed by atoms with Gasteiger partial charge >= 0.3 is 0 Å². The second-order valence-electron chi connectivity index (χ2n) is 5.69. The van der Waals surface area contributed by atoms with Crippen LogP contribution < -0.4 is 10.1 Å². The van der Waals surface area contributed by atoms with Crippen LogP contribution in [0.25, 0.3) is 10.2 Å². The molecule has 10 heteroatoms. The van der Waals surface area contributed by atoms with Gasteiger partial charge < -0.3 is 9.26 Å². The van der Waals surface area contributed by atoms with Crippen molar-refractivity contribution in [3.05, 3.63) is 76.0 Å². The summed E-state index contributed by atoms with van der Waals surface area (Å²) in [6.07, 6.45) is 0. The Morgan fingerprint density at radius 1 is 1.21 bits per heavy atom. The van der Waals surface area contributed by atoms with E-state index >= 15 is 0 Å². The molecule has 0 saturated carbocycles. The molecule has 9 nitrogen and oxygen atoms in total. The van der Waals surface area contributed by atoms with Gasteiger partial charge in [0.1, 0.15) is 6.61 Å². The fourth-order valence-electron chi connectivity index (χ4n) is 2.40. The molecule has 0 radical (unpaired) electrons. The van der Waals surface area contributed by atoms with Gasteiger partial charge in [0.2, 0.25) is 5.76 Å². The Kier molecular flexibility index (Phi) is 4.68. The molecule has 2 aromatic heterocycles. The van der Waals surface area contributed by atoms with E-state index in [1.54, 1.807) is 0 Å². The largest absolute Gasteiger partial charge is 0.471 e. The molecule has 4 aromatic rings. The summed E-state index contributed by atoms with van der Waals surface area (Å²) < 4.78 is 11.1. The van der Waals surface area contributed by atoms with Crippen molar-refractivity contribution in [1.29, 1.82) is 0 Å². The Morgan fingerprint density at radius 2 is 2.04 bits per heavy atom. The second kappa shape index (κ2) is 7.45. The first-order valence-corrected chi connectivity index (χ1v) is 8.90. The van der Waals surface area contributed by atoms with Gasteiger partial charge in [-0.2, -0.15) is 0 Å². The summed E-state index contributed by atoms with van der Waals surface area (Å²) >= 11 is 1.13. The third-order valence-electron chi connectivity index (χ3n) is 3.75. The molecule has 28 heavy (non-hydrogen) atoms. The Morgan fingerprint density at radius 3 is 2.82 bits per heavy atom. The lowest BCUT2D eigenvalue weighted by molar-refractivity contribution is -0.384. The van der Waals surface area contributed by atoms with Crippen molar-refractivity contribution in [2.45, 2.75) is 6.61 Å². The van der Waals surface area contributed by atoms with E-state index in [1.807, 2.05) is 30.3 Å². The van der Waals surface area contributed by atoms with Crippen LogP contribution in [0.15, 0.2) is 59.1 Å². The fourth-order valence-corrected chi connectivity index (χ4v) is 3.30. The molecule has 0 aliphatic heterocycles. The van der Waals surface area contributed by atoms with E-state index in [0.717, 1.165) is 16.9 Å². The Hall–Kier alpha value is -3.79. The van der Waals surface area contributed by atoms with Crippen LogP contribution in [0.4, 0.5) is 10.8 Å². The molecule has 0 aliphatic carbocycles. The van der Waals surface area contributed by atoms with Gasteiger partial charge in [0.05, 0.1) is 21.2 Å². The molecule has 2 aromatic carbocycles. The number of nitrogens with one attached hydrogen (secondary N) is 1. The number of anilines is 1. The molecule has 0 atom stereocenters. The maximum atomic E-state index is 12.3. The van der Waals surface area contributed by atoms with Crippen molar-refractivity contribution >= 4 is 38.3 Å². The summed E-state index contributed by atoms with van der Waals surface area (Å²) in [7, 11) is 0. The van der Waals surface area contributed by atoms with Gasteiger partial charge in [-0.15, -0.1) is 0 Å². The van der Waals surface area contributed by atoms with Crippen LogP contribution in [-0.4, -0.2) is 21.0 Å². The number of hydrogen-bond donors (Lipinski definition) is 1. The summed E-state index contributed by atoms with van der Waals surface area (Å²) in [5.74, 6) is -0.391. The summed E-state index contributed by atoms with van der Waals surface area (Å²) in [5.41, 5.74) is 1.47. The first kappa shape index (κ1) is 17.6. The topological polar surface area (TPSA) is 120 Å². The normalized spacial score (nSPS) is 10.7. The third kappa shape index (κ3) is 3.81. The molecule has 0 fully saturated rings. The lowest BCUT2D eigenvalue weighted by atomic mass is 10.2. The number of thiazole rings is 1. The molecule has 1 N–H and O–H groups in total. The quantitative estimate of drug-likeness (QED) is 0.386. The van der Waals surface area contributed by atoms with Gasteiger partial charge in [0, 0.05) is 12.1 Å². The van der Waals surface area contributed by atoms with Crippen LogP contribution in [0.3, 0.4) is 0 Å². The van der Waals surface area contributed by atoms with Crippen molar-refractivity contribution in [2.24, 2.45) is 0 Å². The van der Waals surface area contributed by atoms with Crippen LogP contribution in [0.1, 0.15) is 16.1 Å². The fraction of sp³-hybridized carbons (Fsp3) is 0.0556. The van der Waals surface area contributed by atoms with Crippen molar-refractivity contribution in [3.8, 4) is 5.88 Å². The average Bonchev–Trinajstić information content (AvgIpc) is 3.33. The van der Waals surface area contributed by atoms with Crippen LogP contribution in [-0.2, 0) is 6.61 Å². The minimum atomic E-state index is -0.546. The number of hydrogen-bond acceptors (Lipinski definition) is 8. The van der Waals surface area contributed by atoms with Gasteiger partial charge in [-0.05, 0) is 16.8 Å². The van der Waals surface area contributed by atoms with Gasteiger partial charge in [-0.3, -0.25) is 20.2 Å². The molecular formula is C18H12N4O5S. The molecule has 0 saturated heterocycles. The first-order valence-electron chi connectivity index (χ1n) is 8.08. The number of benzene rings is 2. The minimum absolute atomic E-state index is 0.0340. The lowest BCUT2D eigenvalue weighted by Gasteiger charge is -2.00. The number of nitrogens with zero attached hydrogens (tertiary/aromatic N) is 3. The van der Waals surface area contributed by atoms with Crippen molar-refractivity contribution in [3.63, 3.8) is 0 Å². The third-order valence-corrected chi connectivity index (χ3v) is 4.68. The monoisotopic (exact) mass is 396 g/mol. The summed E-state index contributed by atoms with van der Waals surface area (Å²) in [6, 6.07) is 15.2. The standard InChI is InChI=1S/C18H12N4O5S/c23-17(14-9-16(21-27-14)26-10-11-4-2-1-3-5-11)20-18-19-13-7-6-12(22(24)25)8-15(13)28-18/h1-9H,10H2,(H,19,20,23). The van der Waals surface area contributed by atoms with Crippen LogP contribution in [0, 0.1) is 10.1 Å². The van der Waals surface area contributed by atoms with E-state index in [2.05, 4.69) is 15.5 Å². The molecule has 140 valence electrons. The Balaban J connectivity index is 1.43. The van der Waals surface area contributed by atoms with Gasteiger partial charge in [-0.25, -0.2) is 4.98 Å². The number of carbonyl (C=O) groups is 1.